The largest absolute Gasteiger partial charge is 0.481 e. The monoisotopic (exact) mass is 285 g/mol. The van der Waals surface area contributed by atoms with Crippen LogP contribution in [-0.4, -0.2) is 23.5 Å². The summed E-state index contributed by atoms with van der Waals surface area (Å²) in [6, 6.07) is 0. The minimum atomic E-state index is -0.689. The van der Waals surface area contributed by atoms with Crippen molar-refractivity contribution in [1.29, 1.82) is 0 Å². The molecule has 0 aliphatic heterocycles. The summed E-state index contributed by atoms with van der Waals surface area (Å²) in [6.07, 6.45) is 11.8. The summed E-state index contributed by atoms with van der Waals surface area (Å²) in [4.78, 5) is 21.6. The quantitative estimate of drug-likeness (QED) is 0.476. The molecule has 0 aliphatic rings. The van der Waals surface area contributed by atoms with Gasteiger partial charge in [-0.2, -0.15) is 0 Å². The van der Waals surface area contributed by atoms with Crippen molar-refractivity contribution in [2.45, 2.75) is 84.0 Å². The molecule has 0 aliphatic carbocycles. The third-order valence-electron chi connectivity index (χ3n) is 3.40. The number of carbonyl (C=O) groups is 2. The first-order valence-electron chi connectivity index (χ1n) is 8.15. The number of carboxylic acids is 1. The SMILES string of the molecule is CCCCC(=O)NCCCCCCCCCCC(=O)O. The Morgan fingerprint density at radius 3 is 1.90 bits per heavy atom. The van der Waals surface area contributed by atoms with Gasteiger partial charge in [0.15, 0.2) is 0 Å². The van der Waals surface area contributed by atoms with Gasteiger partial charge >= 0.3 is 5.97 Å². The molecule has 2 N–H and O–H groups in total. The highest BCUT2D eigenvalue weighted by molar-refractivity contribution is 5.75. The molecule has 0 rings (SSSR count). The van der Waals surface area contributed by atoms with Crippen molar-refractivity contribution < 1.29 is 14.7 Å². The van der Waals surface area contributed by atoms with Crippen molar-refractivity contribution in [3.63, 3.8) is 0 Å². The van der Waals surface area contributed by atoms with Crippen molar-refractivity contribution in [2.24, 2.45) is 0 Å². The molecule has 0 heterocycles. The van der Waals surface area contributed by atoms with Crippen LogP contribution >= 0.6 is 0 Å². The topological polar surface area (TPSA) is 66.4 Å². The van der Waals surface area contributed by atoms with Gasteiger partial charge in [-0.15, -0.1) is 0 Å². The van der Waals surface area contributed by atoms with Gasteiger partial charge in [-0.1, -0.05) is 51.9 Å². The number of carboxylic acid groups (broad SMARTS) is 1. The Balaban J connectivity index is 3.09. The molecule has 0 aromatic rings. The van der Waals surface area contributed by atoms with Gasteiger partial charge in [-0.25, -0.2) is 0 Å². The first-order chi connectivity index (χ1) is 9.66. The molecule has 4 nitrogen and oxygen atoms in total. The number of amides is 1. The molecule has 20 heavy (non-hydrogen) atoms. The van der Waals surface area contributed by atoms with Crippen molar-refractivity contribution in [2.75, 3.05) is 6.54 Å². The van der Waals surface area contributed by atoms with E-state index in [1.807, 2.05) is 0 Å². The number of hydrogen-bond donors (Lipinski definition) is 2. The minimum absolute atomic E-state index is 0.185. The second-order valence-corrected chi connectivity index (χ2v) is 5.43. The van der Waals surface area contributed by atoms with E-state index in [2.05, 4.69) is 12.2 Å². The van der Waals surface area contributed by atoms with Crippen molar-refractivity contribution in [1.82, 2.24) is 5.32 Å². The first-order valence-corrected chi connectivity index (χ1v) is 8.15. The predicted octanol–water partition coefficient (Wildman–Crippen LogP) is 3.89. The third-order valence-corrected chi connectivity index (χ3v) is 3.40. The smallest absolute Gasteiger partial charge is 0.303 e. The molecule has 4 heteroatoms. The Morgan fingerprint density at radius 2 is 1.35 bits per heavy atom. The highest BCUT2D eigenvalue weighted by atomic mass is 16.4. The van der Waals surface area contributed by atoms with E-state index < -0.39 is 5.97 Å². The Bertz CT molecular complexity index is 254. The fraction of sp³-hybridized carbons (Fsp3) is 0.875. The van der Waals surface area contributed by atoms with Crippen molar-refractivity contribution in [3.8, 4) is 0 Å². The zero-order valence-electron chi connectivity index (χ0n) is 13.0. The Kier molecular flexibility index (Phi) is 13.6. The average Bonchev–Trinajstić information content (AvgIpc) is 2.42. The Labute approximate surface area is 123 Å². The molecular formula is C16H31NO3. The number of carbonyl (C=O) groups excluding carboxylic acids is 1. The normalized spacial score (nSPS) is 10.4. The van der Waals surface area contributed by atoms with Crippen molar-refractivity contribution in [3.05, 3.63) is 0 Å². The van der Waals surface area contributed by atoms with Gasteiger partial charge in [-0.05, 0) is 19.3 Å². The van der Waals surface area contributed by atoms with Crippen LogP contribution in [0.4, 0.5) is 0 Å². The zero-order valence-corrected chi connectivity index (χ0v) is 13.0. The van der Waals surface area contributed by atoms with Crippen LogP contribution in [0.5, 0.6) is 0 Å². The lowest BCUT2D eigenvalue weighted by Crippen LogP contribution is -2.23. The van der Waals surface area contributed by atoms with Crippen LogP contribution in [0.3, 0.4) is 0 Å². The molecule has 0 aromatic heterocycles. The van der Waals surface area contributed by atoms with Crippen molar-refractivity contribution >= 4 is 11.9 Å². The van der Waals surface area contributed by atoms with E-state index in [9.17, 15) is 9.59 Å². The van der Waals surface area contributed by atoms with Gasteiger partial charge in [0.1, 0.15) is 0 Å². The lowest BCUT2D eigenvalue weighted by Gasteiger charge is -2.05. The van der Waals surface area contributed by atoms with E-state index in [0.717, 1.165) is 45.1 Å². The summed E-state index contributed by atoms with van der Waals surface area (Å²) in [5, 5.41) is 11.4. The average molecular weight is 285 g/mol. The summed E-state index contributed by atoms with van der Waals surface area (Å²) < 4.78 is 0. The molecule has 0 spiro atoms. The predicted molar refractivity (Wildman–Crippen MR) is 81.7 cm³/mol. The van der Waals surface area contributed by atoms with Gasteiger partial charge in [0.05, 0.1) is 0 Å². The second-order valence-electron chi connectivity index (χ2n) is 5.43. The molecule has 118 valence electrons. The highest BCUT2D eigenvalue weighted by Gasteiger charge is 1.99. The molecule has 0 fully saturated rings. The van der Waals surface area contributed by atoms with Crippen LogP contribution in [0, 0.1) is 0 Å². The van der Waals surface area contributed by atoms with Gasteiger partial charge in [-0.3, -0.25) is 9.59 Å². The number of rotatable bonds is 14. The zero-order chi connectivity index (χ0) is 15.1. The van der Waals surface area contributed by atoms with Crippen LogP contribution in [0.2, 0.25) is 0 Å². The number of nitrogens with one attached hydrogen (secondary N) is 1. The summed E-state index contributed by atoms with van der Waals surface area (Å²) in [7, 11) is 0. The minimum Gasteiger partial charge on any atom is -0.481 e. The van der Waals surface area contributed by atoms with E-state index in [0.29, 0.717) is 12.8 Å². The molecule has 0 saturated carbocycles. The molecule has 0 unspecified atom stereocenters. The van der Waals surface area contributed by atoms with Gasteiger partial charge in [0, 0.05) is 19.4 Å². The highest BCUT2D eigenvalue weighted by Crippen LogP contribution is 2.09. The van der Waals surface area contributed by atoms with Crippen LogP contribution < -0.4 is 5.32 Å². The van der Waals surface area contributed by atoms with Crippen LogP contribution in [0.1, 0.15) is 84.0 Å². The number of hydrogen-bond acceptors (Lipinski definition) is 2. The van der Waals surface area contributed by atoms with E-state index in [4.69, 9.17) is 5.11 Å². The van der Waals surface area contributed by atoms with E-state index in [1.165, 1.54) is 25.7 Å². The summed E-state index contributed by atoms with van der Waals surface area (Å²) in [5.41, 5.74) is 0. The maximum Gasteiger partial charge on any atom is 0.303 e. The van der Waals surface area contributed by atoms with E-state index in [1.54, 1.807) is 0 Å². The molecule has 0 bridgehead atoms. The van der Waals surface area contributed by atoms with Crippen LogP contribution in [0.15, 0.2) is 0 Å². The number of unbranched alkanes of at least 4 members (excludes halogenated alkanes) is 8. The lowest BCUT2D eigenvalue weighted by atomic mass is 10.1. The molecule has 0 aromatic carbocycles. The van der Waals surface area contributed by atoms with E-state index >= 15 is 0 Å². The van der Waals surface area contributed by atoms with Gasteiger partial charge in [0.2, 0.25) is 5.91 Å². The fourth-order valence-corrected chi connectivity index (χ4v) is 2.12. The van der Waals surface area contributed by atoms with Gasteiger partial charge in [0.25, 0.3) is 0 Å². The molecule has 0 atom stereocenters. The Hall–Kier alpha value is -1.06. The third kappa shape index (κ3) is 15.0. The summed E-state index contributed by atoms with van der Waals surface area (Å²) >= 11 is 0. The fourth-order valence-electron chi connectivity index (χ4n) is 2.12. The standard InChI is InChI=1S/C16H31NO3/c1-2-3-12-15(18)17-14-11-9-7-5-4-6-8-10-13-16(19)20/h2-14H2,1H3,(H,17,18)(H,19,20). The Morgan fingerprint density at radius 1 is 0.800 bits per heavy atom. The second kappa shape index (κ2) is 14.4. The van der Waals surface area contributed by atoms with Crippen LogP contribution in [0.25, 0.3) is 0 Å². The number of aliphatic carboxylic acids is 1. The van der Waals surface area contributed by atoms with E-state index in [-0.39, 0.29) is 5.91 Å². The summed E-state index contributed by atoms with van der Waals surface area (Å²) in [5.74, 6) is -0.503. The summed E-state index contributed by atoms with van der Waals surface area (Å²) in [6.45, 7) is 2.90. The molecule has 0 saturated heterocycles. The maximum absolute atomic E-state index is 11.3. The molecular weight excluding hydrogens is 254 g/mol. The first kappa shape index (κ1) is 18.9. The lowest BCUT2D eigenvalue weighted by molar-refractivity contribution is -0.137. The van der Waals surface area contributed by atoms with Gasteiger partial charge < -0.3 is 10.4 Å². The molecule has 0 radical (unpaired) electrons. The molecule has 1 amide bonds. The van der Waals surface area contributed by atoms with Crippen LogP contribution in [-0.2, 0) is 9.59 Å². The maximum atomic E-state index is 11.3.